The molecule has 4 heterocycles. The summed E-state index contributed by atoms with van der Waals surface area (Å²) in [5, 5.41) is 46.2. The van der Waals surface area contributed by atoms with Crippen LogP contribution in [0.15, 0.2) is 87.0 Å². The smallest absolute Gasteiger partial charge is 0.329 e. The number of carboxylic acids is 1. The summed E-state index contributed by atoms with van der Waals surface area (Å²) in [6, 6.07) is 8.52. The molecule has 1 unspecified atom stereocenters. The van der Waals surface area contributed by atoms with Crippen molar-refractivity contribution in [3.63, 3.8) is 0 Å². The number of esters is 1. The molecule has 5 N–H and O–H groups in total. The lowest BCUT2D eigenvalue weighted by Crippen LogP contribution is -3.07. The van der Waals surface area contributed by atoms with Crippen LogP contribution in [0, 0.1) is 0 Å². The number of benzene rings is 2. The summed E-state index contributed by atoms with van der Waals surface area (Å²) in [6.07, 6.45) is -0.597. The largest absolute Gasteiger partial charge is 0.548 e. The van der Waals surface area contributed by atoms with E-state index in [0.717, 1.165) is 11.3 Å². The van der Waals surface area contributed by atoms with Gasteiger partial charge in [-0.2, -0.15) is 9.90 Å². The number of carbonyl (C=O) groups excluding carboxylic acids is 3. The number of aliphatic hydroxyl groups is 2. The number of aromatic hydroxyl groups is 1. The number of nitrogens with zero attached hydrogens (tertiary/aromatic N) is 1. The van der Waals surface area contributed by atoms with Crippen molar-refractivity contribution in [3.05, 3.63) is 83.0 Å². The summed E-state index contributed by atoms with van der Waals surface area (Å²) < 4.78 is 22.9. The molecule has 7 atom stereocenters. The highest BCUT2D eigenvalue weighted by Gasteiger charge is 2.50. The third-order valence-corrected chi connectivity index (χ3v) is 8.06. The zero-order valence-corrected chi connectivity index (χ0v) is 25.6. The fourth-order valence-electron chi connectivity index (χ4n) is 5.51. The molecule has 3 aromatic rings. The average Bonchev–Trinajstić information content (AvgIpc) is 3.68. The Morgan fingerprint density at radius 1 is 1.16 bits per heavy atom. The summed E-state index contributed by atoms with van der Waals surface area (Å²) in [5.41, 5.74) is 2.21. The number of rotatable bonds is 13. The van der Waals surface area contributed by atoms with Gasteiger partial charge in [0.2, 0.25) is 12.4 Å². The van der Waals surface area contributed by atoms with Gasteiger partial charge in [0.1, 0.15) is 72.5 Å². The first-order valence-corrected chi connectivity index (χ1v) is 15.2. The number of phenolic OH excluding ortho intramolecular Hbond substituents is 1. The third kappa shape index (κ3) is 7.29. The standard InChI is InChI=1S/C33H31N3O13/c37-11-1-9-35-26(31(42)43)32(44)46-16-25-28(40)29(41)30(49-36-13-18-8-10-34-23(18)14-36)33(48-25)47-20-6-7-21-24(12-20)45-15-22(27(21)39)17-2-4-19(38)5-3-17/h2-8,10-13,15,25-26,28-30,33,35,38,40-41H,1,9,14,16H2,(H,42,43)/t25-,26-,28-,29+,30-,33+/m0/s1. The number of aliphatic carboxylic acids is 1. The molecule has 0 saturated carbocycles. The number of hydrogen-bond acceptors (Lipinski definition) is 15. The van der Waals surface area contributed by atoms with Crippen LogP contribution < -0.4 is 25.7 Å². The number of carboxylic acid groups (broad SMARTS) is 1. The normalized spacial score (nSPS) is 24.9. The molecule has 16 heteroatoms. The van der Waals surface area contributed by atoms with Crippen molar-refractivity contribution in [1.82, 2.24) is 5.32 Å². The second-order valence-corrected chi connectivity index (χ2v) is 11.3. The van der Waals surface area contributed by atoms with Crippen LogP contribution in [0.2, 0.25) is 0 Å². The topological polar surface area (TPSA) is 231 Å². The summed E-state index contributed by atoms with van der Waals surface area (Å²) in [7, 11) is 0. The molecule has 2 aromatic carbocycles. The molecule has 1 saturated heterocycles. The average molecular weight is 678 g/mol. The highest BCUT2D eigenvalue weighted by Crippen LogP contribution is 2.29. The molecule has 3 aliphatic heterocycles. The molecule has 3 aliphatic rings. The van der Waals surface area contributed by atoms with Crippen molar-refractivity contribution in [3.8, 4) is 22.6 Å². The van der Waals surface area contributed by atoms with Crippen molar-refractivity contribution in [2.45, 2.75) is 43.2 Å². The van der Waals surface area contributed by atoms with Crippen molar-refractivity contribution in [2.75, 3.05) is 19.7 Å². The van der Waals surface area contributed by atoms with Gasteiger partial charge in [-0.15, -0.1) is 0 Å². The number of aliphatic imine (C=N–C) groups is 1. The van der Waals surface area contributed by atoms with Crippen LogP contribution in [0.1, 0.15) is 6.42 Å². The van der Waals surface area contributed by atoms with Crippen molar-refractivity contribution in [2.24, 2.45) is 4.99 Å². The summed E-state index contributed by atoms with van der Waals surface area (Å²) in [4.78, 5) is 58.2. The Bertz CT molecular complexity index is 1890. The van der Waals surface area contributed by atoms with E-state index >= 15 is 0 Å². The molecule has 0 bridgehead atoms. The lowest BCUT2D eigenvalue weighted by molar-refractivity contribution is -1.05. The van der Waals surface area contributed by atoms with Gasteiger partial charge >= 0.3 is 5.97 Å². The molecular formula is C33H31N3O13. The molecule has 0 radical (unpaired) electrons. The maximum absolute atomic E-state index is 13.3. The second kappa shape index (κ2) is 14.5. The highest BCUT2D eigenvalue weighted by atomic mass is 16.8. The Balaban J connectivity index is 1.22. The number of nitrogens with one attached hydrogen (secondary N) is 2. The van der Waals surface area contributed by atoms with E-state index in [9.17, 15) is 39.6 Å². The van der Waals surface area contributed by atoms with E-state index in [4.69, 9.17) is 23.5 Å². The monoisotopic (exact) mass is 677 g/mol. The molecular weight excluding hydrogens is 646 g/mol. The summed E-state index contributed by atoms with van der Waals surface area (Å²) in [5.74, 6) is -2.89. The van der Waals surface area contributed by atoms with E-state index in [1.165, 1.54) is 36.6 Å². The van der Waals surface area contributed by atoms with Gasteiger partial charge in [-0.25, -0.2) is 4.79 Å². The van der Waals surface area contributed by atoms with Gasteiger partial charge in [-0.1, -0.05) is 12.1 Å². The maximum atomic E-state index is 13.3. The molecule has 6 rings (SSSR count). The number of aliphatic hydroxyl groups excluding tert-OH is 2. The first-order chi connectivity index (χ1) is 23.6. The van der Waals surface area contributed by atoms with Gasteiger partial charge in [-0.05, 0) is 35.9 Å². The third-order valence-electron chi connectivity index (χ3n) is 8.06. The van der Waals surface area contributed by atoms with Crippen molar-refractivity contribution < 1.29 is 63.3 Å². The predicted molar refractivity (Wildman–Crippen MR) is 165 cm³/mol. The lowest BCUT2D eigenvalue weighted by Gasteiger charge is -2.41. The molecule has 1 aromatic heterocycles. The summed E-state index contributed by atoms with van der Waals surface area (Å²) in [6.45, 7) is -0.520. The first-order valence-electron chi connectivity index (χ1n) is 15.2. The van der Waals surface area contributed by atoms with Crippen molar-refractivity contribution in [1.29, 1.82) is 0 Å². The number of fused-ring (bicyclic) bond motifs is 2. The zero-order chi connectivity index (χ0) is 34.7. The summed E-state index contributed by atoms with van der Waals surface area (Å²) >= 11 is 0. The van der Waals surface area contributed by atoms with Crippen LogP contribution >= 0.6 is 0 Å². The Morgan fingerprint density at radius 2 is 1.96 bits per heavy atom. The Kier molecular flexibility index (Phi) is 9.95. The van der Waals surface area contributed by atoms with E-state index in [-0.39, 0.29) is 46.4 Å². The SMILES string of the molecule is O=CCCN[C@@H](C(=O)[O-])C(=O)OC[C@@H]1O[C@@H](Oc2ccc3c(=O)c(-c4ccc(O)cc4)coc3c2)[C@@H](O[NH+]2C=C3C=CN=C3C2)[C@H](O)[C@H]1O. The van der Waals surface area contributed by atoms with Crippen LogP contribution in [-0.4, -0.2) is 95.7 Å². The van der Waals surface area contributed by atoms with Crippen LogP contribution in [0.4, 0.5) is 0 Å². The minimum Gasteiger partial charge on any atom is -0.548 e. The van der Waals surface area contributed by atoms with Gasteiger partial charge in [0.15, 0.2) is 12.0 Å². The first kappa shape index (κ1) is 33.7. The van der Waals surface area contributed by atoms with Gasteiger partial charge in [0.25, 0.3) is 0 Å². The molecule has 1 fully saturated rings. The maximum Gasteiger partial charge on any atom is 0.329 e. The lowest BCUT2D eigenvalue weighted by atomic mass is 9.99. The molecule has 256 valence electrons. The van der Waals surface area contributed by atoms with E-state index < -0.39 is 55.3 Å². The van der Waals surface area contributed by atoms with E-state index in [2.05, 4.69) is 10.3 Å². The minimum absolute atomic E-state index is 0.0437. The number of aldehydes is 1. The van der Waals surface area contributed by atoms with E-state index in [0.29, 0.717) is 23.5 Å². The Morgan fingerprint density at radius 3 is 2.69 bits per heavy atom. The fourth-order valence-corrected chi connectivity index (χ4v) is 5.51. The van der Waals surface area contributed by atoms with Crippen LogP contribution in [0.5, 0.6) is 11.5 Å². The number of quaternary nitrogens is 1. The molecule has 0 spiro atoms. The fraction of sp³-hybridized carbons (Fsp3) is 0.303. The number of hydroxylamine groups is 2. The van der Waals surface area contributed by atoms with E-state index in [1.807, 2.05) is 0 Å². The number of allylic oxidation sites excluding steroid dienone is 1. The van der Waals surface area contributed by atoms with E-state index in [1.54, 1.807) is 30.6 Å². The quantitative estimate of drug-likeness (QED) is 0.0564. The molecule has 0 aliphatic carbocycles. The van der Waals surface area contributed by atoms with Crippen molar-refractivity contribution >= 4 is 34.9 Å². The second-order valence-electron chi connectivity index (χ2n) is 11.3. The molecule has 49 heavy (non-hydrogen) atoms. The molecule has 0 amide bonds. The van der Waals surface area contributed by atoms with Gasteiger partial charge in [0, 0.05) is 25.2 Å². The zero-order valence-electron chi connectivity index (χ0n) is 25.6. The number of phenols is 1. The Labute approximate surface area is 277 Å². The number of ether oxygens (including phenoxy) is 3. The van der Waals surface area contributed by atoms with Crippen LogP contribution in [0.25, 0.3) is 22.1 Å². The van der Waals surface area contributed by atoms with Crippen LogP contribution in [-0.2, 0) is 28.7 Å². The van der Waals surface area contributed by atoms with Gasteiger partial charge in [-0.3, -0.25) is 15.1 Å². The predicted octanol–water partition coefficient (Wildman–Crippen LogP) is -2.12. The highest BCUT2D eigenvalue weighted by molar-refractivity contribution is 6.06. The van der Waals surface area contributed by atoms with Crippen LogP contribution in [0.3, 0.4) is 0 Å². The minimum atomic E-state index is -1.90. The van der Waals surface area contributed by atoms with Gasteiger partial charge in [0.05, 0.1) is 22.5 Å². The Hall–Kier alpha value is -5.23. The van der Waals surface area contributed by atoms with Gasteiger partial charge < -0.3 is 48.6 Å². The number of carbonyl (C=O) groups is 3. The number of hydrogen-bond donors (Lipinski definition) is 5. The molecule has 16 nitrogen and oxygen atoms in total.